The van der Waals surface area contributed by atoms with Crippen LogP contribution in [0.1, 0.15) is 28.8 Å². The smallest absolute Gasteiger partial charge is 0.418 e. The molecule has 0 unspecified atom stereocenters. The van der Waals surface area contributed by atoms with E-state index in [1.807, 2.05) is 0 Å². The summed E-state index contributed by atoms with van der Waals surface area (Å²) in [6.07, 6.45) is -4.82. The van der Waals surface area contributed by atoms with Crippen LogP contribution in [-0.2, 0) is 20.6 Å². The van der Waals surface area contributed by atoms with Gasteiger partial charge in [-0.2, -0.15) is 13.2 Å². The Kier molecular flexibility index (Phi) is 9.04. The van der Waals surface area contributed by atoms with Crippen molar-refractivity contribution in [2.45, 2.75) is 29.3 Å². The average Bonchev–Trinajstić information content (AvgIpc) is 3.51. The second kappa shape index (κ2) is 12.9. The van der Waals surface area contributed by atoms with E-state index in [2.05, 4.69) is 10.3 Å². The van der Waals surface area contributed by atoms with Gasteiger partial charge in [0.1, 0.15) is 5.25 Å². The standard InChI is InChI=1S/C31H22Cl2F3N3O6S2/c1-2-44-21-11-14(7-10-20(21)45-13-22(40)37-15-8-9-17(32)18(33)12-15)23-24-26(46-27-25(23)47-30(43)38-27)29(42)39(28(24)41)19-6-4-3-5-16(19)31(34,35)36/h3-12,23-24,26H,2,13H2,1H3,(H,37,40)(H,38,43)/t23-,24-,26+/m0/s1. The lowest BCUT2D eigenvalue weighted by atomic mass is 9.83. The zero-order valence-electron chi connectivity index (χ0n) is 24.0. The summed E-state index contributed by atoms with van der Waals surface area (Å²) < 4.78 is 53.3. The molecule has 3 aromatic carbocycles. The maximum absolute atomic E-state index is 14.0. The average molecular weight is 725 g/mol. The first kappa shape index (κ1) is 32.9. The summed E-state index contributed by atoms with van der Waals surface area (Å²) >= 11 is 13.7. The number of nitrogens with one attached hydrogen (secondary N) is 2. The molecule has 1 aromatic heterocycles. The number of thioether (sulfide) groups is 1. The van der Waals surface area contributed by atoms with Crippen molar-refractivity contribution in [2.24, 2.45) is 5.92 Å². The number of halogens is 5. The van der Waals surface area contributed by atoms with Gasteiger partial charge in [-0.05, 0) is 55.0 Å². The van der Waals surface area contributed by atoms with Crippen molar-refractivity contribution in [3.8, 4) is 11.5 Å². The summed E-state index contributed by atoms with van der Waals surface area (Å²) in [7, 11) is 0. The summed E-state index contributed by atoms with van der Waals surface area (Å²) in [5, 5.41) is 2.48. The number of carbonyl (C=O) groups is 3. The zero-order valence-corrected chi connectivity index (χ0v) is 27.2. The Hall–Kier alpha value is -3.98. The van der Waals surface area contributed by atoms with E-state index in [0.717, 1.165) is 35.2 Å². The highest BCUT2D eigenvalue weighted by molar-refractivity contribution is 8.00. The van der Waals surface area contributed by atoms with E-state index in [0.29, 0.717) is 31.1 Å². The summed E-state index contributed by atoms with van der Waals surface area (Å²) in [5.41, 5.74) is -0.811. The van der Waals surface area contributed by atoms with E-state index in [1.165, 1.54) is 30.3 Å². The van der Waals surface area contributed by atoms with Gasteiger partial charge in [-0.1, -0.05) is 64.5 Å². The number of nitrogens with zero attached hydrogens (tertiary/aromatic N) is 1. The molecule has 47 heavy (non-hydrogen) atoms. The Labute approximate surface area is 283 Å². The number of amides is 3. The predicted molar refractivity (Wildman–Crippen MR) is 172 cm³/mol. The number of aromatic nitrogens is 1. The minimum absolute atomic E-state index is 0.193. The molecule has 9 nitrogen and oxygen atoms in total. The molecule has 3 amide bonds. The SMILES string of the molecule is CCOc1cc([C@@H]2c3sc(=O)[nH]c3S[C@H]3C(=O)N(c4ccccc4C(F)(F)F)C(=O)[C@@H]23)ccc1OCC(=O)Nc1ccc(Cl)c(Cl)c1. The first-order chi connectivity index (χ1) is 22.4. The van der Waals surface area contributed by atoms with Gasteiger partial charge in [0.15, 0.2) is 18.1 Å². The third kappa shape index (κ3) is 6.34. The Balaban J connectivity index is 1.33. The van der Waals surface area contributed by atoms with Gasteiger partial charge in [0.25, 0.3) is 5.91 Å². The second-order valence-electron chi connectivity index (χ2n) is 10.4. The van der Waals surface area contributed by atoms with Crippen LogP contribution in [0.15, 0.2) is 70.5 Å². The number of thiazole rings is 1. The minimum atomic E-state index is -4.82. The third-order valence-corrected chi connectivity index (χ3v) is 10.6. The van der Waals surface area contributed by atoms with Gasteiger partial charge >= 0.3 is 11.0 Å². The van der Waals surface area contributed by atoms with Gasteiger partial charge in [-0.25, -0.2) is 4.90 Å². The van der Waals surface area contributed by atoms with Gasteiger partial charge in [0, 0.05) is 16.5 Å². The van der Waals surface area contributed by atoms with Crippen LogP contribution in [0.3, 0.4) is 0 Å². The van der Waals surface area contributed by atoms with E-state index in [-0.39, 0.29) is 23.1 Å². The fraction of sp³-hybridized carbons (Fsp3) is 0.226. The molecule has 4 aromatic rings. The van der Waals surface area contributed by atoms with Crippen LogP contribution < -0.4 is 24.6 Å². The van der Waals surface area contributed by atoms with Crippen molar-refractivity contribution in [2.75, 3.05) is 23.4 Å². The monoisotopic (exact) mass is 723 g/mol. The van der Waals surface area contributed by atoms with E-state index >= 15 is 0 Å². The molecule has 1 saturated heterocycles. The number of benzene rings is 3. The highest BCUT2D eigenvalue weighted by atomic mass is 35.5. The molecular formula is C31H22Cl2F3N3O6S2. The summed E-state index contributed by atoms with van der Waals surface area (Å²) in [6.45, 7) is 1.52. The Bertz CT molecular complexity index is 1970. The number of hydrogen-bond acceptors (Lipinski definition) is 8. The van der Waals surface area contributed by atoms with Crippen molar-refractivity contribution < 1.29 is 37.0 Å². The molecule has 2 aliphatic rings. The number of alkyl halides is 3. The second-order valence-corrected chi connectivity index (χ2v) is 13.4. The molecule has 2 N–H and O–H groups in total. The molecule has 6 rings (SSSR count). The molecule has 3 atom stereocenters. The van der Waals surface area contributed by atoms with E-state index in [1.54, 1.807) is 25.1 Å². The highest BCUT2D eigenvalue weighted by Gasteiger charge is 2.57. The number of fused-ring (bicyclic) bond motifs is 2. The van der Waals surface area contributed by atoms with Crippen LogP contribution in [0.4, 0.5) is 24.5 Å². The quantitative estimate of drug-likeness (QED) is 0.189. The number of para-hydroxylation sites is 1. The van der Waals surface area contributed by atoms with Crippen molar-refractivity contribution >= 4 is 75.4 Å². The number of aromatic amines is 1. The number of anilines is 2. The van der Waals surface area contributed by atoms with Gasteiger partial charge in [-0.3, -0.25) is 19.2 Å². The maximum atomic E-state index is 14.0. The first-order valence-electron chi connectivity index (χ1n) is 14.0. The zero-order chi connectivity index (χ0) is 33.6. The summed E-state index contributed by atoms with van der Waals surface area (Å²) in [6, 6.07) is 13.7. The van der Waals surface area contributed by atoms with E-state index in [4.69, 9.17) is 32.7 Å². The lowest BCUT2D eigenvalue weighted by Crippen LogP contribution is -2.33. The normalized spacial score (nSPS) is 18.9. The lowest BCUT2D eigenvalue weighted by molar-refractivity contribution is -0.137. The molecule has 0 radical (unpaired) electrons. The summed E-state index contributed by atoms with van der Waals surface area (Å²) in [4.78, 5) is 56.1. The maximum Gasteiger partial charge on any atom is 0.418 e. The van der Waals surface area contributed by atoms with Gasteiger partial charge in [-0.15, -0.1) is 0 Å². The Morgan fingerprint density at radius 1 is 0.979 bits per heavy atom. The molecule has 16 heteroatoms. The van der Waals surface area contributed by atoms with E-state index < -0.39 is 63.7 Å². The molecule has 0 aliphatic carbocycles. The van der Waals surface area contributed by atoms with E-state index in [9.17, 15) is 32.3 Å². The number of carbonyl (C=O) groups excluding carboxylic acids is 3. The van der Waals surface area contributed by atoms with Crippen LogP contribution in [0.5, 0.6) is 11.5 Å². The molecular weight excluding hydrogens is 702 g/mol. The molecule has 1 fully saturated rings. The van der Waals surface area contributed by atoms with Crippen LogP contribution in [-0.4, -0.2) is 41.2 Å². The predicted octanol–water partition coefficient (Wildman–Crippen LogP) is 6.97. The Morgan fingerprint density at radius 3 is 2.47 bits per heavy atom. The van der Waals surface area contributed by atoms with Crippen molar-refractivity contribution in [1.29, 1.82) is 0 Å². The van der Waals surface area contributed by atoms with Crippen LogP contribution >= 0.6 is 46.3 Å². The number of hydrogen-bond donors (Lipinski definition) is 2. The number of rotatable bonds is 8. The molecule has 244 valence electrons. The molecule has 3 heterocycles. The first-order valence-corrected chi connectivity index (χ1v) is 16.4. The minimum Gasteiger partial charge on any atom is -0.490 e. The number of imide groups is 1. The van der Waals surface area contributed by atoms with Crippen molar-refractivity contribution in [3.05, 3.63) is 96.4 Å². The lowest BCUT2D eigenvalue weighted by Gasteiger charge is -2.30. The fourth-order valence-electron chi connectivity index (χ4n) is 5.54. The fourth-order valence-corrected chi connectivity index (χ4v) is 8.36. The van der Waals surface area contributed by atoms with Crippen LogP contribution in [0.25, 0.3) is 0 Å². The Morgan fingerprint density at radius 2 is 1.74 bits per heavy atom. The highest BCUT2D eigenvalue weighted by Crippen LogP contribution is 2.54. The summed E-state index contributed by atoms with van der Waals surface area (Å²) in [5.74, 6) is -3.75. The van der Waals surface area contributed by atoms with Gasteiger partial charge < -0.3 is 19.8 Å². The largest absolute Gasteiger partial charge is 0.490 e. The van der Waals surface area contributed by atoms with Gasteiger partial charge in [0.2, 0.25) is 11.8 Å². The molecule has 0 bridgehead atoms. The number of H-pyrrole nitrogens is 1. The topological polar surface area (TPSA) is 118 Å². The van der Waals surface area contributed by atoms with Gasteiger partial charge in [0.05, 0.1) is 38.8 Å². The molecule has 0 saturated carbocycles. The third-order valence-electron chi connectivity index (χ3n) is 7.46. The van der Waals surface area contributed by atoms with Crippen LogP contribution in [0, 0.1) is 5.92 Å². The molecule has 2 aliphatic heterocycles. The number of ether oxygens (including phenoxy) is 2. The van der Waals surface area contributed by atoms with Crippen molar-refractivity contribution in [1.82, 2.24) is 4.98 Å². The van der Waals surface area contributed by atoms with Crippen LogP contribution in [0.2, 0.25) is 10.0 Å². The molecule has 0 spiro atoms. The van der Waals surface area contributed by atoms with Crippen molar-refractivity contribution in [3.63, 3.8) is 0 Å².